The summed E-state index contributed by atoms with van der Waals surface area (Å²) < 4.78 is 15.2. The molecule has 4 heterocycles. The third-order valence-corrected chi connectivity index (χ3v) is 5.06. The lowest BCUT2D eigenvalue weighted by atomic mass is 10.2. The van der Waals surface area contributed by atoms with E-state index in [1.54, 1.807) is 35.0 Å². The minimum atomic E-state index is -0.527. The Balaban J connectivity index is 1.56. The number of fused-ring (bicyclic) bond motifs is 2. The number of rotatable bonds is 5. The van der Waals surface area contributed by atoms with Gasteiger partial charge in [0.15, 0.2) is 11.6 Å². The van der Waals surface area contributed by atoms with E-state index in [2.05, 4.69) is 20.6 Å². The van der Waals surface area contributed by atoms with Crippen molar-refractivity contribution < 1.29 is 9.18 Å². The second-order valence-electron chi connectivity index (χ2n) is 7.01. The van der Waals surface area contributed by atoms with Gasteiger partial charge in [0.2, 0.25) is 0 Å². The van der Waals surface area contributed by atoms with Crippen LogP contribution in [0, 0.1) is 5.82 Å². The van der Waals surface area contributed by atoms with Crippen LogP contribution in [0.25, 0.3) is 17.2 Å². The first kappa shape index (κ1) is 18.0. The first-order valence-electron chi connectivity index (χ1n) is 9.49. The molecule has 0 radical (unpaired) electrons. The quantitative estimate of drug-likeness (QED) is 0.473. The molecule has 0 fully saturated rings. The van der Waals surface area contributed by atoms with Crippen LogP contribution >= 0.6 is 0 Å². The van der Waals surface area contributed by atoms with Gasteiger partial charge in [0.1, 0.15) is 17.5 Å². The van der Waals surface area contributed by atoms with Crippen molar-refractivity contribution >= 4 is 23.1 Å². The van der Waals surface area contributed by atoms with Crippen LogP contribution in [-0.4, -0.2) is 31.8 Å². The molecule has 150 valence electrons. The van der Waals surface area contributed by atoms with Crippen molar-refractivity contribution in [1.29, 1.82) is 0 Å². The molecule has 0 aliphatic carbocycles. The van der Waals surface area contributed by atoms with E-state index in [9.17, 15) is 9.18 Å². The zero-order valence-electron chi connectivity index (χ0n) is 15.9. The standard InChI is InChI=1S/C21H18FN7O/c22-13-4-1-3-12(9-13)10-25-19-15-6-7-24-18(15)27-20(28-19)21-26-11-16-14(17(23)30)5-2-8-29(16)21/h1-5,8-9,11H,6-7,10H2,(H2,23,30)(H2,24,25,27,28). The molecule has 8 nitrogen and oxygen atoms in total. The number of pyridine rings is 1. The molecule has 4 aromatic rings. The molecule has 30 heavy (non-hydrogen) atoms. The zero-order valence-corrected chi connectivity index (χ0v) is 15.9. The van der Waals surface area contributed by atoms with E-state index in [0.717, 1.165) is 29.9 Å². The van der Waals surface area contributed by atoms with Gasteiger partial charge in [-0.05, 0) is 36.2 Å². The third-order valence-electron chi connectivity index (χ3n) is 5.06. The topological polar surface area (TPSA) is 110 Å². The predicted octanol–water partition coefficient (Wildman–Crippen LogP) is 2.61. The van der Waals surface area contributed by atoms with Crippen molar-refractivity contribution in [2.45, 2.75) is 13.0 Å². The molecule has 0 bridgehead atoms. The second-order valence-corrected chi connectivity index (χ2v) is 7.01. The Morgan fingerprint density at radius 1 is 1.27 bits per heavy atom. The van der Waals surface area contributed by atoms with E-state index in [4.69, 9.17) is 10.7 Å². The molecule has 0 saturated heterocycles. The lowest BCUT2D eigenvalue weighted by Crippen LogP contribution is -2.12. The Kier molecular flexibility index (Phi) is 4.27. The maximum Gasteiger partial charge on any atom is 0.250 e. The minimum Gasteiger partial charge on any atom is -0.369 e. The van der Waals surface area contributed by atoms with Gasteiger partial charge in [-0.1, -0.05) is 12.1 Å². The van der Waals surface area contributed by atoms with Crippen molar-refractivity contribution in [2.24, 2.45) is 5.73 Å². The first-order valence-corrected chi connectivity index (χ1v) is 9.49. The number of nitrogens with one attached hydrogen (secondary N) is 2. The summed E-state index contributed by atoms with van der Waals surface area (Å²) in [6, 6.07) is 9.81. The molecule has 0 atom stereocenters. The lowest BCUT2D eigenvalue weighted by molar-refractivity contribution is 0.100. The maximum absolute atomic E-state index is 13.5. The molecule has 4 N–H and O–H groups in total. The summed E-state index contributed by atoms with van der Waals surface area (Å²) in [7, 11) is 0. The number of amides is 1. The van der Waals surface area contributed by atoms with Gasteiger partial charge >= 0.3 is 0 Å². The molecule has 1 amide bonds. The minimum absolute atomic E-state index is 0.279. The highest BCUT2D eigenvalue weighted by Crippen LogP contribution is 2.30. The van der Waals surface area contributed by atoms with Crippen LogP contribution < -0.4 is 16.4 Å². The van der Waals surface area contributed by atoms with Gasteiger partial charge in [0, 0.05) is 24.8 Å². The second kappa shape index (κ2) is 7.11. The Hall–Kier alpha value is -4.01. The van der Waals surface area contributed by atoms with E-state index < -0.39 is 5.91 Å². The smallest absolute Gasteiger partial charge is 0.250 e. The summed E-state index contributed by atoms with van der Waals surface area (Å²) in [5, 5.41) is 6.57. The molecule has 3 aromatic heterocycles. The average molecular weight is 403 g/mol. The number of benzene rings is 1. The van der Waals surface area contributed by atoms with E-state index >= 15 is 0 Å². The summed E-state index contributed by atoms with van der Waals surface area (Å²) in [6.07, 6.45) is 4.16. The van der Waals surface area contributed by atoms with Crippen LogP contribution in [0.1, 0.15) is 21.5 Å². The number of carbonyl (C=O) groups excluding carboxylic acids is 1. The molecule has 0 unspecified atom stereocenters. The fraction of sp³-hybridized carbons (Fsp3) is 0.143. The van der Waals surface area contributed by atoms with Gasteiger partial charge in [-0.2, -0.15) is 0 Å². The van der Waals surface area contributed by atoms with Gasteiger partial charge in [-0.3, -0.25) is 9.20 Å². The van der Waals surface area contributed by atoms with E-state index in [0.29, 0.717) is 35.1 Å². The third kappa shape index (κ3) is 3.10. The van der Waals surface area contributed by atoms with Crippen molar-refractivity contribution in [3.63, 3.8) is 0 Å². The number of halogens is 1. The number of hydrogen-bond acceptors (Lipinski definition) is 6. The molecule has 1 aromatic carbocycles. The fourth-order valence-electron chi connectivity index (χ4n) is 3.65. The maximum atomic E-state index is 13.5. The zero-order chi connectivity index (χ0) is 20.7. The lowest BCUT2D eigenvalue weighted by Gasteiger charge is -2.12. The van der Waals surface area contributed by atoms with Gasteiger partial charge in [0.05, 0.1) is 17.3 Å². The van der Waals surface area contributed by atoms with Crippen molar-refractivity contribution in [3.8, 4) is 11.6 Å². The molecule has 5 rings (SSSR count). The molecule has 1 aliphatic heterocycles. The highest BCUT2D eigenvalue weighted by atomic mass is 19.1. The number of aromatic nitrogens is 4. The number of hydrogen-bond donors (Lipinski definition) is 3. The highest BCUT2D eigenvalue weighted by Gasteiger charge is 2.22. The average Bonchev–Trinajstić information content (AvgIpc) is 3.38. The Labute approximate surface area is 171 Å². The van der Waals surface area contributed by atoms with Gasteiger partial charge in [0.25, 0.3) is 5.91 Å². The van der Waals surface area contributed by atoms with Gasteiger partial charge < -0.3 is 16.4 Å². The SMILES string of the molecule is NC(=O)c1cccn2c(-c3nc4c(c(NCc5cccc(F)c5)n3)CCN4)ncc12. The highest BCUT2D eigenvalue weighted by molar-refractivity contribution is 5.99. The Bertz CT molecular complexity index is 1280. The molecule has 9 heteroatoms. The van der Waals surface area contributed by atoms with E-state index in [-0.39, 0.29) is 5.82 Å². The number of imidazole rings is 1. The van der Waals surface area contributed by atoms with Crippen LogP contribution in [0.3, 0.4) is 0 Å². The van der Waals surface area contributed by atoms with Crippen LogP contribution in [0.5, 0.6) is 0 Å². The summed E-state index contributed by atoms with van der Waals surface area (Å²) >= 11 is 0. The first-order chi connectivity index (χ1) is 14.6. The van der Waals surface area contributed by atoms with Crippen molar-refractivity contribution in [1.82, 2.24) is 19.4 Å². The summed E-state index contributed by atoms with van der Waals surface area (Å²) in [4.78, 5) is 25.5. The largest absolute Gasteiger partial charge is 0.369 e. The summed E-state index contributed by atoms with van der Waals surface area (Å²) in [5.41, 5.74) is 8.23. The van der Waals surface area contributed by atoms with Gasteiger partial charge in [-0.15, -0.1) is 0 Å². The summed E-state index contributed by atoms with van der Waals surface area (Å²) in [6.45, 7) is 1.19. The molecule has 0 spiro atoms. The normalized spacial score (nSPS) is 12.6. The van der Waals surface area contributed by atoms with Crippen molar-refractivity contribution in [3.05, 3.63) is 71.3 Å². The Morgan fingerprint density at radius 3 is 3.00 bits per heavy atom. The van der Waals surface area contributed by atoms with Crippen LogP contribution in [0.2, 0.25) is 0 Å². The monoisotopic (exact) mass is 403 g/mol. The van der Waals surface area contributed by atoms with E-state index in [1.807, 2.05) is 6.07 Å². The van der Waals surface area contributed by atoms with E-state index in [1.165, 1.54) is 12.1 Å². The van der Waals surface area contributed by atoms with Crippen LogP contribution in [0.4, 0.5) is 16.0 Å². The predicted molar refractivity (Wildman–Crippen MR) is 111 cm³/mol. The number of anilines is 2. The number of primary amides is 1. The fourth-order valence-corrected chi connectivity index (χ4v) is 3.65. The molecule has 0 saturated carbocycles. The Morgan fingerprint density at radius 2 is 2.17 bits per heavy atom. The number of nitrogens with zero attached hydrogens (tertiary/aromatic N) is 4. The van der Waals surface area contributed by atoms with Crippen LogP contribution in [0.15, 0.2) is 48.8 Å². The van der Waals surface area contributed by atoms with Crippen molar-refractivity contribution in [2.75, 3.05) is 17.2 Å². The number of carbonyl (C=O) groups is 1. The molecular weight excluding hydrogens is 385 g/mol. The van der Waals surface area contributed by atoms with Crippen LogP contribution in [-0.2, 0) is 13.0 Å². The number of nitrogens with two attached hydrogens (primary N) is 1. The molecule has 1 aliphatic rings. The summed E-state index contributed by atoms with van der Waals surface area (Å²) in [5.74, 6) is 1.52. The van der Waals surface area contributed by atoms with Gasteiger partial charge in [-0.25, -0.2) is 19.3 Å². The molecular formula is C21H18FN7O.